The summed E-state index contributed by atoms with van der Waals surface area (Å²) >= 11 is 0. The van der Waals surface area contributed by atoms with Gasteiger partial charge in [-0.15, -0.1) is 0 Å². The van der Waals surface area contributed by atoms with Crippen molar-refractivity contribution in [2.24, 2.45) is 15.3 Å². The predicted octanol–water partition coefficient (Wildman–Crippen LogP) is 2.81. The molecule has 128 valence electrons. The Balaban J connectivity index is 1.89. The lowest BCUT2D eigenvalue weighted by atomic mass is 10.2. The maximum absolute atomic E-state index is 12.5. The lowest BCUT2D eigenvalue weighted by molar-refractivity contribution is -0.117. The van der Waals surface area contributed by atoms with Gasteiger partial charge in [-0.3, -0.25) is 9.35 Å². The van der Waals surface area contributed by atoms with E-state index in [1.54, 1.807) is 37.3 Å². The molecule has 8 nitrogen and oxygen atoms in total. The van der Waals surface area contributed by atoms with Gasteiger partial charge in [-0.25, -0.2) is 0 Å². The van der Waals surface area contributed by atoms with Crippen LogP contribution in [0.2, 0.25) is 0 Å². The third kappa shape index (κ3) is 3.47. The zero-order valence-electron chi connectivity index (χ0n) is 13.1. The van der Waals surface area contributed by atoms with Gasteiger partial charge in [-0.2, -0.15) is 28.8 Å². The Hall–Kier alpha value is -2.91. The fourth-order valence-corrected chi connectivity index (χ4v) is 2.94. The van der Waals surface area contributed by atoms with Crippen molar-refractivity contribution in [1.29, 1.82) is 0 Å². The Kier molecular flexibility index (Phi) is 4.43. The quantitative estimate of drug-likeness (QED) is 0.669. The van der Waals surface area contributed by atoms with E-state index >= 15 is 0 Å². The Morgan fingerprint density at radius 1 is 1.08 bits per heavy atom. The Bertz CT molecular complexity index is 971. The van der Waals surface area contributed by atoms with Gasteiger partial charge in [0.15, 0.2) is 6.04 Å². The summed E-state index contributed by atoms with van der Waals surface area (Å²) in [6, 6.07) is 13.5. The molecule has 0 radical (unpaired) electrons. The number of hydrazone groups is 1. The van der Waals surface area contributed by atoms with Crippen molar-refractivity contribution in [3.63, 3.8) is 0 Å². The Labute approximate surface area is 144 Å². The first-order chi connectivity index (χ1) is 11.9. The van der Waals surface area contributed by atoms with Gasteiger partial charge in [0.25, 0.3) is 16.0 Å². The SMILES string of the molecule is CC1=NN(c2ccccc2)C(=O)C1N=Nc1ccccc1S(=O)(=O)O. The lowest BCUT2D eigenvalue weighted by Crippen LogP contribution is -2.29. The predicted molar refractivity (Wildman–Crippen MR) is 91.6 cm³/mol. The smallest absolute Gasteiger partial charge is 0.282 e. The van der Waals surface area contributed by atoms with Crippen molar-refractivity contribution < 1.29 is 17.8 Å². The summed E-state index contributed by atoms with van der Waals surface area (Å²) in [7, 11) is -4.44. The molecule has 0 fully saturated rings. The fraction of sp³-hybridized carbons (Fsp3) is 0.125. The van der Waals surface area contributed by atoms with Crippen LogP contribution >= 0.6 is 0 Å². The van der Waals surface area contributed by atoms with Crippen LogP contribution in [0.5, 0.6) is 0 Å². The maximum Gasteiger partial charge on any atom is 0.296 e. The molecule has 0 spiro atoms. The average molecular weight is 358 g/mol. The van der Waals surface area contributed by atoms with Crippen LogP contribution in [-0.2, 0) is 14.9 Å². The molecule has 2 aromatic carbocycles. The highest BCUT2D eigenvalue weighted by molar-refractivity contribution is 7.86. The second kappa shape index (κ2) is 6.54. The van der Waals surface area contributed by atoms with Gasteiger partial charge in [0.1, 0.15) is 10.6 Å². The molecule has 1 atom stereocenters. The molecule has 25 heavy (non-hydrogen) atoms. The van der Waals surface area contributed by atoms with E-state index < -0.39 is 22.1 Å². The molecule has 1 unspecified atom stereocenters. The minimum atomic E-state index is -4.44. The zero-order valence-corrected chi connectivity index (χ0v) is 14.0. The molecule has 1 amide bonds. The summed E-state index contributed by atoms with van der Waals surface area (Å²) in [5, 5.41) is 13.2. The largest absolute Gasteiger partial charge is 0.296 e. The average Bonchev–Trinajstić information content (AvgIpc) is 2.87. The number of hydrogen-bond donors (Lipinski definition) is 1. The number of carbonyl (C=O) groups excluding carboxylic acids is 1. The molecule has 9 heteroatoms. The summed E-state index contributed by atoms with van der Waals surface area (Å²) < 4.78 is 32.0. The molecule has 3 rings (SSSR count). The lowest BCUT2D eigenvalue weighted by Gasteiger charge is -2.11. The van der Waals surface area contributed by atoms with E-state index in [0.717, 1.165) is 0 Å². The molecular weight excluding hydrogens is 344 g/mol. The maximum atomic E-state index is 12.5. The van der Waals surface area contributed by atoms with Gasteiger partial charge < -0.3 is 0 Å². The molecular formula is C16H14N4O4S. The minimum Gasteiger partial charge on any atom is -0.282 e. The van der Waals surface area contributed by atoms with Crippen LogP contribution in [-0.4, -0.2) is 30.6 Å². The van der Waals surface area contributed by atoms with Gasteiger partial charge in [0.05, 0.1) is 11.4 Å². The second-order valence-corrected chi connectivity index (χ2v) is 6.68. The molecule has 0 aromatic heterocycles. The number of benzene rings is 2. The van der Waals surface area contributed by atoms with E-state index in [1.165, 1.54) is 23.2 Å². The van der Waals surface area contributed by atoms with Crippen LogP contribution in [0, 0.1) is 0 Å². The summed E-state index contributed by atoms with van der Waals surface area (Å²) in [6.45, 7) is 1.64. The number of anilines is 1. The van der Waals surface area contributed by atoms with Crippen molar-refractivity contribution in [3.8, 4) is 0 Å². The van der Waals surface area contributed by atoms with Crippen LogP contribution in [0.15, 0.2) is 74.8 Å². The van der Waals surface area contributed by atoms with Gasteiger partial charge >= 0.3 is 0 Å². The molecule has 1 aliphatic rings. The van der Waals surface area contributed by atoms with Crippen molar-refractivity contribution >= 4 is 33.1 Å². The van der Waals surface area contributed by atoms with Crippen LogP contribution < -0.4 is 5.01 Å². The third-order valence-corrected chi connectivity index (χ3v) is 4.42. The van der Waals surface area contributed by atoms with Gasteiger partial charge in [0, 0.05) is 0 Å². The summed E-state index contributed by atoms with van der Waals surface area (Å²) in [5.74, 6) is -0.392. The highest BCUT2D eigenvalue weighted by Gasteiger charge is 2.34. The third-order valence-electron chi connectivity index (χ3n) is 3.52. The first-order valence-corrected chi connectivity index (χ1v) is 8.73. The number of azo groups is 1. The number of para-hydroxylation sites is 1. The number of hydrogen-bond acceptors (Lipinski definition) is 6. The fourth-order valence-electron chi connectivity index (χ4n) is 2.32. The van der Waals surface area contributed by atoms with E-state index in [4.69, 9.17) is 0 Å². The molecule has 0 aliphatic carbocycles. The molecule has 0 saturated heterocycles. The van der Waals surface area contributed by atoms with E-state index in [1.807, 2.05) is 6.07 Å². The Morgan fingerprint density at radius 3 is 2.40 bits per heavy atom. The number of nitrogens with zero attached hydrogens (tertiary/aromatic N) is 4. The standard InChI is InChI=1S/C16H14N4O4S/c1-11-15(16(21)20(19-11)12-7-3-2-4-8-12)18-17-13-9-5-6-10-14(13)25(22,23)24/h2-10,15H,1H3,(H,22,23,24). The highest BCUT2D eigenvalue weighted by atomic mass is 32.2. The van der Waals surface area contributed by atoms with E-state index in [2.05, 4.69) is 15.3 Å². The van der Waals surface area contributed by atoms with Gasteiger partial charge in [-0.05, 0) is 31.2 Å². The monoisotopic (exact) mass is 358 g/mol. The van der Waals surface area contributed by atoms with Gasteiger partial charge in [-0.1, -0.05) is 30.3 Å². The van der Waals surface area contributed by atoms with Crippen molar-refractivity contribution in [2.45, 2.75) is 17.9 Å². The first kappa shape index (κ1) is 16.9. The molecule has 1 N–H and O–H groups in total. The number of amides is 1. The van der Waals surface area contributed by atoms with E-state index in [-0.39, 0.29) is 10.6 Å². The van der Waals surface area contributed by atoms with Crippen LogP contribution in [0.4, 0.5) is 11.4 Å². The molecule has 0 bridgehead atoms. The van der Waals surface area contributed by atoms with Crippen molar-refractivity contribution in [2.75, 3.05) is 5.01 Å². The van der Waals surface area contributed by atoms with Gasteiger partial charge in [0.2, 0.25) is 0 Å². The second-order valence-electron chi connectivity index (χ2n) is 5.29. The van der Waals surface area contributed by atoms with Crippen molar-refractivity contribution in [3.05, 3.63) is 54.6 Å². The van der Waals surface area contributed by atoms with E-state index in [9.17, 15) is 17.8 Å². The Morgan fingerprint density at radius 2 is 1.72 bits per heavy atom. The van der Waals surface area contributed by atoms with Crippen LogP contribution in [0.25, 0.3) is 0 Å². The van der Waals surface area contributed by atoms with Crippen molar-refractivity contribution in [1.82, 2.24) is 0 Å². The zero-order chi connectivity index (χ0) is 18.0. The van der Waals surface area contributed by atoms with Crippen LogP contribution in [0.3, 0.4) is 0 Å². The molecule has 1 heterocycles. The number of rotatable bonds is 4. The normalized spacial score (nSPS) is 18.0. The summed E-state index contributed by atoms with van der Waals surface area (Å²) in [5.41, 5.74) is 0.980. The van der Waals surface area contributed by atoms with Crippen LogP contribution in [0.1, 0.15) is 6.92 Å². The minimum absolute atomic E-state index is 0.0521. The summed E-state index contributed by atoms with van der Waals surface area (Å²) in [6.07, 6.45) is 0. The molecule has 0 saturated carbocycles. The topological polar surface area (TPSA) is 112 Å². The summed E-state index contributed by atoms with van der Waals surface area (Å²) in [4.78, 5) is 12.1. The molecule has 1 aliphatic heterocycles. The first-order valence-electron chi connectivity index (χ1n) is 7.29. The number of carbonyl (C=O) groups is 1. The highest BCUT2D eigenvalue weighted by Crippen LogP contribution is 2.26. The molecule has 2 aromatic rings. The van der Waals surface area contributed by atoms with E-state index in [0.29, 0.717) is 11.4 Å².